The van der Waals surface area contributed by atoms with Gasteiger partial charge < -0.3 is 4.74 Å². The lowest BCUT2D eigenvalue weighted by Crippen LogP contribution is -1.99. The Labute approximate surface area is 150 Å². The van der Waals surface area contributed by atoms with Crippen LogP contribution in [-0.4, -0.2) is 13.2 Å². The van der Waals surface area contributed by atoms with Gasteiger partial charge in [0.1, 0.15) is 0 Å². The Morgan fingerprint density at radius 3 is 2.00 bits per heavy atom. The Kier molecular flexibility index (Phi) is 10.5. The van der Waals surface area contributed by atoms with Crippen molar-refractivity contribution in [2.75, 3.05) is 13.2 Å². The summed E-state index contributed by atoms with van der Waals surface area (Å²) in [5.74, 6) is 6.55. The maximum atomic E-state index is 5.36. The standard InChI is InChI=1S/C23H36O/c1-5-24-20-12-10-8-6-7-9-11-13-21-14-16-22(17-15-21)18-19-23(2,3)4/h14-17H,5-13,20H2,1-4H3. The van der Waals surface area contributed by atoms with Crippen LogP contribution in [0.2, 0.25) is 0 Å². The molecule has 0 atom stereocenters. The van der Waals surface area contributed by atoms with Crippen molar-refractivity contribution in [1.82, 2.24) is 0 Å². The molecule has 0 aliphatic heterocycles. The highest BCUT2D eigenvalue weighted by Crippen LogP contribution is 2.13. The molecule has 1 heteroatoms. The Morgan fingerprint density at radius 2 is 1.42 bits per heavy atom. The summed E-state index contributed by atoms with van der Waals surface area (Å²) in [5.41, 5.74) is 2.63. The van der Waals surface area contributed by atoms with Crippen molar-refractivity contribution < 1.29 is 4.74 Å². The van der Waals surface area contributed by atoms with E-state index >= 15 is 0 Å². The van der Waals surface area contributed by atoms with Gasteiger partial charge in [0.25, 0.3) is 0 Å². The summed E-state index contributed by atoms with van der Waals surface area (Å²) in [5, 5.41) is 0. The van der Waals surface area contributed by atoms with Crippen molar-refractivity contribution >= 4 is 0 Å². The average molecular weight is 329 g/mol. The minimum Gasteiger partial charge on any atom is -0.382 e. The molecule has 0 saturated carbocycles. The summed E-state index contributed by atoms with van der Waals surface area (Å²) < 4.78 is 5.36. The molecule has 0 bridgehead atoms. The third-order valence-electron chi connectivity index (χ3n) is 3.99. The monoisotopic (exact) mass is 328 g/mol. The fourth-order valence-electron chi connectivity index (χ4n) is 2.58. The Hall–Kier alpha value is -1.26. The SMILES string of the molecule is CCOCCCCCCCCCc1ccc(C#CC(C)(C)C)cc1. The third kappa shape index (κ3) is 11.3. The van der Waals surface area contributed by atoms with E-state index in [1.54, 1.807) is 0 Å². The van der Waals surface area contributed by atoms with Gasteiger partial charge in [-0.25, -0.2) is 0 Å². The summed E-state index contributed by atoms with van der Waals surface area (Å²) in [4.78, 5) is 0. The van der Waals surface area contributed by atoms with Gasteiger partial charge in [-0.05, 0) is 64.7 Å². The zero-order valence-corrected chi connectivity index (χ0v) is 16.3. The maximum absolute atomic E-state index is 5.36. The number of unbranched alkanes of at least 4 members (excludes halogenated alkanes) is 6. The lowest BCUT2D eigenvalue weighted by atomic mass is 9.97. The van der Waals surface area contributed by atoms with Gasteiger partial charge in [0.2, 0.25) is 0 Å². The summed E-state index contributed by atoms with van der Waals surface area (Å²) in [6, 6.07) is 8.79. The molecular formula is C23H36O. The number of rotatable bonds is 11. The molecule has 24 heavy (non-hydrogen) atoms. The van der Waals surface area contributed by atoms with Crippen molar-refractivity contribution in [2.24, 2.45) is 5.41 Å². The largest absolute Gasteiger partial charge is 0.382 e. The lowest BCUT2D eigenvalue weighted by molar-refractivity contribution is 0.143. The average Bonchev–Trinajstić information content (AvgIpc) is 2.55. The lowest BCUT2D eigenvalue weighted by Gasteiger charge is -2.07. The molecule has 1 nitrogen and oxygen atoms in total. The first-order chi connectivity index (χ1) is 11.5. The molecule has 0 aliphatic rings. The highest BCUT2D eigenvalue weighted by atomic mass is 16.5. The highest BCUT2D eigenvalue weighted by molar-refractivity contribution is 5.37. The van der Waals surface area contributed by atoms with E-state index in [0.717, 1.165) is 18.8 Å². The van der Waals surface area contributed by atoms with Crippen LogP contribution in [0.5, 0.6) is 0 Å². The summed E-state index contributed by atoms with van der Waals surface area (Å²) >= 11 is 0. The Bertz CT molecular complexity index is 481. The fraction of sp³-hybridized carbons (Fsp3) is 0.652. The first-order valence-corrected chi connectivity index (χ1v) is 9.71. The number of hydrogen-bond donors (Lipinski definition) is 0. The first-order valence-electron chi connectivity index (χ1n) is 9.71. The van der Waals surface area contributed by atoms with Crippen LogP contribution >= 0.6 is 0 Å². The van der Waals surface area contributed by atoms with Gasteiger partial charge in [-0.2, -0.15) is 0 Å². The van der Waals surface area contributed by atoms with Gasteiger partial charge in [-0.15, -0.1) is 0 Å². The van der Waals surface area contributed by atoms with E-state index in [1.165, 1.54) is 56.9 Å². The molecule has 0 saturated heterocycles. The van der Waals surface area contributed by atoms with Crippen LogP contribution in [0.4, 0.5) is 0 Å². The predicted octanol–water partition coefficient (Wildman–Crippen LogP) is 6.39. The van der Waals surface area contributed by atoms with Crippen LogP contribution < -0.4 is 0 Å². The highest BCUT2D eigenvalue weighted by Gasteiger charge is 2.03. The van der Waals surface area contributed by atoms with Crippen LogP contribution in [0.25, 0.3) is 0 Å². The Morgan fingerprint density at radius 1 is 0.833 bits per heavy atom. The molecule has 0 fully saturated rings. The van der Waals surface area contributed by atoms with Gasteiger partial charge in [-0.1, -0.05) is 56.1 Å². The van der Waals surface area contributed by atoms with Crippen molar-refractivity contribution in [1.29, 1.82) is 0 Å². The van der Waals surface area contributed by atoms with E-state index < -0.39 is 0 Å². The number of hydrogen-bond acceptors (Lipinski definition) is 1. The van der Waals surface area contributed by atoms with Crippen LogP contribution in [-0.2, 0) is 11.2 Å². The minimum atomic E-state index is 0.0711. The van der Waals surface area contributed by atoms with Crippen LogP contribution in [0.3, 0.4) is 0 Å². The van der Waals surface area contributed by atoms with E-state index in [4.69, 9.17) is 4.74 Å². The van der Waals surface area contributed by atoms with Gasteiger partial charge in [-0.3, -0.25) is 0 Å². The second-order valence-electron chi connectivity index (χ2n) is 7.62. The molecule has 0 heterocycles. The predicted molar refractivity (Wildman–Crippen MR) is 105 cm³/mol. The number of benzene rings is 1. The van der Waals surface area contributed by atoms with Crippen LogP contribution in [0.15, 0.2) is 24.3 Å². The topological polar surface area (TPSA) is 9.23 Å². The third-order valence-corrected chi connectivity index (χ3v) is 3.99. The van der Waals surface area contributed by atoms with E-state index in [1.807, 2.05) is 0 Å². The van der Waals surface area contributed by atoms with Crippen LogP contribution in [0, 0.1) is 17.3 Å². The van der Waals surface area contributed by atoms with Gasteiger partial charge in [0.05, 0.1) is 0 Å². The van der Waals surface area contributed by atoms with Gasteiger partial charge in [0, 0.05) is 24.2 Å². The molecule has 0 amide bonds. The molecule has 0 unspecified atom stereocenters. The Balaban J connectivity index is 2.10. The first kappa shape index (κ1) is 20.8. The van der Waals surface area contributed by atoms with Gasteiger partial charge in [0.15, 0.2) is 0 Å². The summed E-state index contributed by atoms with van der Waals surface area (Å²) in [6.45, 7) is 10.3. The van der Waals surface area contributed by atoms with E-state index in [0.29, 0.717) is 0 Å². The molecule has 0 aliphatic carbocycles. The number of aryl methyl sites for hydroxylation is 1. The molecule has 0 radical (unpaired) electrons. The molecule has 1 rings (SSSR count). The van der Waals surface area contributed by atoms with Crippen molar-refractivity contribution in [3.05, 3.63) is 35.4 Å². The fourth-order valence-corrected chi connectivity index (χ4v) is 2.58. The van der Waals surface area contributed by atoms with Crippen LogP contribution in [0.1, 0.15) is 83.8 Å². The van der Waals surface area contributed by atoms with E-state index in [2.05, 4.69) is 63.8 Å². The molecule has 1 aromatic rings. The molecule has 0 aromatic heterocycles. The van der Waals surface area contributed by atoms with Crippen molar-refractivity contribution in [3.63, 3.8) is 0 Å². The van der Waals surface area contributed by atoms with Crippen molar-refractivity contribution in [3.8, 4) is 11.8 Å². The zero-order valence-electron chi connectivity index (χ0n) is 16.3. The molecule has 134 valence electrons. The second-order valence-corrected chi connectivity index (χ2v) is 7.62. The molecule has 0 spiro atoms. The summed E-state index contributed by atoms with van der Waals surface area (Å²) in [6.07, 6.45) is 10.5. The smallest absolute Gasteiger partial charge is 0.0465 e. The molecular weight excluding hydrogens is 292 g/mol. The van der Waals surface area contributed by atoms with Gasteiger partial charge >= 0.3 is 0 Å². The van der Waals surface area contributed by atoms with E-state index in [-0.39, 0.29) is 5.41 Å². The normalized spacial score (nSPS) is 11.2. The van der Waals surface area contributed by atoms with E-state index in [9.17, 15) is 0 Å². The quantitative estimate of drug-likeness (QED) is 0.337. The summed E-state index contributed by atoms with van der Waals surface area (Å²) in [7, 11) is 0. The zero-order chi connectivity index (χ0) is 17.7. The second kappa shape index (κ2) is 12.2. The minimum absolute atomic E-state index is 0.0711. The van der Waals surface area contributed by atoms with Crippen molar-refractivity contribution in [2.45, 2.75) is 79.1 Å². The maximum Gasteiger partial charge on any atom is 0.0465 e. The molecule has 1 aromatic carbocycles. The number of ether oxygens (including phenoxy) is 1. The molecule has 0 N–H and O–H groups in total.